The van der Waals surface area contributed by atoms with Crippen molar-refractivity contribution in [3.63, 3.8) is 0 Å². The van der Waals surface area contributed by atoms with Crippen LogP contribution in [0.3, 0.4) is 0 Å². The average molecular weight is 462 g/mol. The van der Waals surface area contributed by atoms with E-state index < -0.39 is 27.8 Å². The summed E-state index contributed by atoms with van der Waals surface area (Å²) in [5.74, 6) is -1.76. The largest absolute Gasteiger partial charge is 0.299 e. The summed E-state index contributed by atoms with van der Waals surface area (Å²) in [5, 5.41) is 0. The van der Waals surface area contributed by atoms with E-state index in [1.54, 1.807) is 55.5 Å². The minimum Gasteiger partial charge on any atom is -0.299 e. The molecule has 0 saturated carbocycles. The molecule has 2 atom stereocenters. The molecule has 0 aliphatic rings. The Morgan fingerprint density at radius 3 is 2.06 bits per heavy atom. The number of sulfonamides is 1. The lowest BCUT2D eigenvalue weighted by Crippen LogP contribution is -2.47. The second kappa shape index (κ2) is 10.5. The monoisotopic (exact) mass is 461 g/mol. The number of benzene rings is 3. The quantitative estimate of drug-likeness (QED) is 0.466. The van der Waals surface area contributed by atoms with Crippen molar-refractivity contribution in [2.24, 2.45) is 5.92 Å². The molecule has 3 aromatic carbocycles. The lowest BCUT2D eigenvalue weighted by Gasteiger charge is -2.24. The van der Waals surface area contributed by atoms with Gasteiger partial charge in [0.1, 0.15) is 5.78 Å². The van der Waals surface area contributed by atoms with Crippen molar-refractivity contribution in [1.29, 1.82) is 0 Å². The molecule has 0 aliphatic carbocycles. The predicted octanol–water partition coefficient (Wildman–Crippen LogP) is 4.75. The van der Waals surface area contributed by atoms with Gasteiger partial charge in [-0.25, -0.2) is 8.42 Å². The van der Waals surface area contributed by atoms with Gasteiger partial charge < -0.3 is 0 Å². The van der Waals surface area contributed by atoms with Gasteiger partial charge in [-0.2, -0.15) is 4.72 Å². The zero-order valence-electron chi connectivity index (χ0n) is 18.9. The van der Waals surface area contributed by atoms with Gasteiger partial charge in [0.05, 0.1) is 16.9 Å². The maximum atomic E-state index is 13.6. The number of rotatable bonds is 9. The SMILES string of the molecule is CC(=O)[C@@H](/C=C/c1ccccc1)[C@H](NS(=O)(=O)c1ccc(C)cc1)C(=O)c1ccccc1C. The number of nitrogens with one attached hydrogen (secondary N) is 1. The van der Waals surface area contributed by atoms with Gasteiger partial charge >= 0.3 is 0 Å². The Morgan fingerprint density at radius 1 is 0.848 bits per heavy atom. The molecule has 0 unspecified atom stereocenters. The Balaban J connectivity index is 2.05. The minimum atomic E-state index is -4.06. The van der Waals surface area contributed by atoms with Gasteiger partial charge in [0, 0.05) is 5.56 Å². The number of hydrogen-bond donors (Lipinski definition) is 1. The smallest absolute Gasteiger partial charge is 0.241 e. The molecular weight excluding hydrogens is 434 g/mol. The molecule has 0 aromatic heterocycles. The van der Waals surface area contributed by atoms with Crippen LogP contribution in [0.2, 0.25) is 0 Å². The maximum Gasteiger partial charge on any atom is 0.241 e. The molecule has 0 bridgehead atoms. The van der Waals surface area contributed by atoms with Crippen LogP contribution in [-0.2, 0) is 14.8 Å². The summed E-state index contributed by atoms with van der Waals surface area (Å²) >= 11 is 0. The average Bonchev–Trinajstić information content (AvgIpc) is 2.79. The van der Waals surface area contributed by atoms with Crippen LogP contribution in [0.25, 0.3) is 6.08 Å². The summed E-state index contributed by atoms with van der Waals surface area (Å²) in [4.78, 5) is 26.3. The molecule has 0 amide bonds. The lowest BCUT2D eigenvalue weighted by molar-refractivity contribution is -0.119. The standard InChI is InChI=1S/C27H27NO4S/c1-19-13-16-23(17-14-19)33(31,32)28-26(27(30)24-12-8-7-9-20(24)2)25(21(3)29)18-15-22-10-5-4-6-11-22/h4-18,25-26,28H,1-3H3/b18-15+/t25-,26+/m1/s1. The zero-order valence-corrected chi connectivity index (χ0v) is 19.7. The lowest BCUT2D eigenvalue weighted by atomic mass is 9.88. The van der Waals surface area contributed by atoms with E-state index in [0.717, 1.165) is 11.1 Å². The zero-order chi connectivity index (χ0) is 24.0. The van der Waals surface area contributed by atoms with Crippen LogP contribution in [0.4, 0.5) is 0 Å². The van der Waals surface area contributed by atoms with Gasteiger partial charge in [0.25, 0.3) is 0 Å². The van der Waals surface area contributed by atoms with E-state index in [0.29, 0.717) is 11.1 Å². The van der Waals surface area contributed by atoms with E-state index >= 15 is 0 Å². The minimum absolute atomic E-state index is 0.0324. The van der Waals surface area contributed by atoms with Crippen LogP contribution in [0.1, 0.15) is 34.0 Å². The Morgan fingerprint density at radius 2 is 1.45 bits per heavy atom. The van der Waals surface area contributed by atoms with Crippen LogP contribution in [0.15, 0.2) is 89.8 Å². The van der Waals surface area contributed by atoms with Gasteiger partial charge in [0.15, 0.2) is 5.78 Å². The normalized spacial score (nSPS) is 13.5. The molecular formula is C27H27NO4S. The van der Waals surface area contributed by atoms with Crippen molar-refractivity contribution in [2.75, 3.05) is 0 Å². The third kappa shape index (κ3) is 6.12. The molecule has 3 aromatic rings. The Hall–Kier alpha value is -3.35. The van der Waals surface area contributed by atoms with Crippen molar-refractivity contribution in [3.05, 3.63) is 107 Å². The van der Waals surface area contributed by atoms with Crippen LogP contribution in [-0.4, -0.2) is 26.0 Å². The molecule has 0 radical (unpaired) electrons. The van der Waals surface area contributed by atoms with Crippen molar-refractivity contribution < 1.29 is 18.0 Å². The maximum absolute atomic E-state index is 13.6. The van der Waals surface area contributed by atoms with Crippen molar-refractivity contribution >= 4 is 27.7 Å². The van der Waals surface area contributed by atoms with Crippen molar-refractivity contribution in [3.8, 4) is 0 Å². The summed E-state index contributed by atoms with van der Waals surface area (Å²) in [6.07, 6.45) is 3.32. The van der Waals surface area contributed by atoms with E-state index in [9.17, 15) is 18.0 Å². The van der Waals surface area contributed by atoms with Gasteiger partial charge in [-0.1, -0.05) is 84.4 Å². The summed E-state index contributed by atoms with van der Waals surface area (Å²) in [5.41, 5.74) is 2.82. The van der Waals surface area contributed by atoms with Crippen LogP contribution < -0.4 is 4.72 Å². The first-order valence-electron chi connectivity index (χ1n) is 10.6. The molecule has 3 rings (SSSR count). The fourth-order valence-corrected chi connectivity index (χ4v) is 4.74. The number of carbonyl (C=O) groups is 2. The van der Waals surface area contributed by atoms with Gasteiger partial charge in [-0.05, 0) is 44.0 Å². The molecule has 0 saturated heterocycles. The summed E-state index contributed by atoms with van der Waals surface area (Å²) in [7, 11) is -4.06. The third-order valence-electron chi connectivity index (χ3n) is 5.43. The second-order valence-corrected chi connectivity index (χ2v) is 9.71. The van der Waals surface area contributed by atoms with E-state index in [1.807, 2.05) is 37.3 Å². The highest BCUT2D eigenvalue weighted by Gasteiger charge is 2.35. The fraction of sp³-hybridized carbons (Fsp3) is 0.185. The fourth-order valence-electron chi connectivity index (χ4n) is 3.52. The highest BCUT2D eigenvalue weighted by molar-refractivity contribution is 7.89. The van der Waals surface area contributed by atoms with Gasteiger partial charge in [-0.15, -0.1) is 0 Å². The number of Topliss-reactive ketones (excluding diaryl/α,β-unsaturated/α-hetero) is 2. The van der Waals surface area contributed by atoms with Crippen LogP contribution in [0, 0.1) is 19.8 Å². The first-order valence-corrected chi connectivity index (χ1v) is 12.1. The van der Waals surface area contributed by atoms with E-state index in [4.69, 9.17) is 0 Å². The molecule has 0 fully saturated rings. The number of aryl methyl sites for hydroxylation is 2. The number of carbonyl (C=O) groups excluding carboxylic acids is 2. The summed E-state index contributed by atoms with van der Waals surface area (Å²) in [6, 6.07) is 21.3. The molecule has 5 nitrogen and oxygen atoms in total. The van der Waals surface area contributed by atoms with Gasteiger partial charge in [-0.3, -0.25) is 9.59 Å². The van der Waals surface area contributed by atoms with Crippen molar-refractivity contribution in [2.45, 2.75) is 31.7 Å². The Bertz CT molecular complexity index is 1260. The first-order chi connectivity index (χ1) is 15.7. The molecule has 0 spiro atoms. The highest BCUT2D eigenvalue weighted by Crippen LogP contribution is 2.21. The van der Waals surface area contributed by atoms with E-state index in [2.05, 4.69) is 4.72 Å². The summed E-state index contributed by atoms with van der Waals surface area (Å²) in [6.45, 7) is 4.99. The predicted molar refractivity (Wildman–Crippen MR) is 130 cm³/mol. The number of ketones is 2. The van der Waals surface area contributed by atoms with Crippen LogP contribution in [0.5, 0.6) is 0 Å². The Labute approximate surface area is 195 Å². The summed E-state index contributed by atoms with van der Waals surface area (Å²) < 4.78 is 28.9. The molecule has 0 heterocycles. The molecule has 33 heavy (non-hydrogen) atoms. The van der Waals surface area contributed by atoms with E-state index in [1.165, 1.54) is 19.1 Å². The van der Waals surface area contributed by atoms with Crippen molar-refractivity contribution in [1.82, 2.24) is 4.72 Å². The second-order valence-electron chi connectivity index (χ2n) is 8.00. The molecule has 1 N–H and O–H groups in total. The molecule has 170 valence electrons. The highest BCUT2D eigenvalue weighted by atomic mass is 32.2. The molecule has 0 aliphatic heterocycles. The first kappa shape index (κ1) is 24.3. The van der Waals surface area contributed by atoms with Gasteiger partial charge in [0.2, 0.25) is 10.0 Å². The number of hydrogen-bond acceptors (Lipinski definition) is 4. The molecule has 6 heteroatoms. The van der Waals surface area contributed by atoms with E-state index in [-0.39, 0.29) is 10.7 Å². The third-order valence-corrected chi connectivity index (χ3v) is 6.89. The Kier molecular flexibility index (Phi) is 7.74. The topological polar surface area (TPSA) is 80.3 Å². The van der Waals surface area contributed by atoms with Crippen LogP contribution >= 0.6 is 0 Å².